The number of nitrogens with two attached hydrogens (primary N) is 1. The molecular weight excluding hydrogens is 254 g/mol. The Bertz CT molecular complexity index is 568. The highest BCUT2D eigenvalue weighted by atomic mass is 16.4. The van der Waals surface area contributed by atoms with Crippen LogP contribution >= 0.6 is 0 Å². The molecular formula is C14H17N5O. The van der Waals surface area contributed by atoms with Gasteiger partial charge in [0.2, 0.25) is 0 Å². The maximum atomic E-state index is 8.58. The predicted octanol–water partition coefficient (Wildman–Crippen LogP) is 1.25. The van der Waals surface area contributed by atoms with E-state index in [0.29, 0.717) is 5.69 Å². The van der Waals surface area contributed by atoms with Crippen molar-refractivity contribution in [3.63, 3.8) is 0 Å². The van der Waals surface area contributed by atoms with E-state index in [1.165, 1.54) is 5.56 Å². The summed E-state index contributed by atoms with van der Waals surface area (Å²) in [7, 11) is 2.00. The quantitative estimate of drug-likeness (QED) is 0.370. The molecule has 0 amide bonds. The molecule has 2 aromatic heterocycles. The molecule has 20 heavy (non-hydrogen) atoms. The van der Waals surface area contributed by atoms with E-state index in [-0.39, 0.29) is 5.84 Å². The minimum absolute atomic E-state index is 0.0102. The first kappa shape index (κ1) is 13.8. The van der Waals surface area contributed by atoms with Crippen LogP contribution in [0.3, 0.4) is 0 Å². The number of hydrogen-bond donors (Lipinski definition) is 2. The molecule has 2 heterocycles. The summed E-state index contributed by atoms with van der Waals surface area (Å²) >= 11 is 0. The van der Waals surface area contributed by atoms with Gasteiger partial charge in [-0.3, -0.25) is 9.97 Å². The normalized spacial score (nSPS) is 11.3. The van der Waals surface area contributed by atoms with Crippen molar-refractivity contribution in [2.75, 3.05) is 18.5 Å². The van der Waals surface area contributed by atoms with Crippen molar-refractivity contribution in [1.82, 2.24) is 9.97 Å². The zero-order valence-electron chi connectivity index (χ0n) is 11.3. The van der Waals surface area contributed by atoms with Gasteiger partial charge in [0.05, 0.1) is 11.9 Å². The number of oxime groups is 1. The van der Waals surface area contributed by atoms with Crippen LogP contribution in [0, 0.1) is 0 Å². The lowest BCUT2D eigenvalue weighted by Gasteiger charge is -2.19. The fourth-order valence-corrected chi connectivity index (χ4v) is 1.79. The zero-order valence-corrected chi connectivity index (χ0v) is 11.3. The Balaban J connectivity index is 1.97. The molecule has 0 aliphatic carbocycles. The minimum atomic E-state index is 0.0102. The van der Waals surface area contributed by atoms with E-state index in [0.717, 1.165) is 18.7 Å². The molecule has 2 aromatic rings. The number of anilines is 1. The lowest BCUT2D eigenvalue weighted by atomic mass is 10.2. The first-order valence-corrected chi connectivity index (χ1v) is 6.24. The Morgan fingerprint density at radius 2 is 2.05 bits per heavy atom. The van der Waals surface area contributed by atoms with Crippen molar-refractivity contribution in [2.24, 2.45) is 10.9 Å². The topological polar surface area (TPSA) is 87.6 Å². The highest BCUT2D eigenvalue weighted by Gasteiger charge is 2.04. The largest absolute Gasteiger partial charge is 0.409 e. The lowest BCUT2D eigenvalue weighted by Crippen LogP contribution is -2.21. The Labute approximate surface area is 117 Å². The van der Waals surface area contributed by atoms with Crippen molar-refractivity contribution in [1.29, 1.82) is 0 Å². The number of amidine groups is 1. The van der Waals surface area contributed by atoms with Crippen LogP contribution in [0.2, 0.25) is 0 Å². The first-order chi connectivity index (χ1) is 9.70. The molecule has 6 heteroatoms. The monoisotopic (exact) mass is 271 g/mol. The Morgan fingerprint density at radius 3 is 2.65 bits per heavy atom. The van der Waals surface area contributed by atoms with Gasteiger partial charge in [0, 0.05) is 26.0 Å². The molecule has 0 unspecified atom stereocenters. The summed E-state index contributed by atoms with van der Waals surface area (Å²) in [6, 6.07) is 7.64. The number of rotatable bonds is 5. The molecule has 3 N–H and O–H groups in total. The van der Waals surface area contributed by atoms with Gasteiger partial charge >= 0.3 is 0 Å². The smallest absolute Gasteiger partial charge is 0.188 e. The molecule has 2 rings (SSSR count). The molecule has 0 aliphatic heterocycles. The van der Waals surface area contributed by atoms with E-state index in [9.17, 15) is 0 Å². The fraction of sp³-hybridized carbons (Fsp3) is 0.214. The van der Waals surface area contributed by atoms with Crippen LogP contribution in [-0.2, 0) is 6.42 Å². The van der Waals surface area contributed by atoms with Gasteiger partial charge in [0.15, 0.2) is 5.84 Å². The molecule has 0 aromatic carbocycles. The van der Waals surface area contributed by atoms with Gasteiger partial charge in [-0.2, -0.15) is 0 Å². The third-order valence-corrected chi connectivity index (χ3v) is 3.04. The van der Waals surface area contributed by atoms with E-state index in [4.69, 9.17) is 10.9 Å². The van der Waals surface area contributed by atoms with Crippen LogP contribution in [0.4, 0.5) is 5.69 Å². The van der Waals surface area contributed by atoms with Gasteiger partial charge < -0.3 is 15.8 Å². The van der Waals surface area contributed by atoms with Crippen LogP contribution in [0.25, 0.3) is 0 Å². The number of pyridine rings is 2. The number of likely N-dealkylation sites (N-methyl/N-ethyl adjacent to an activating group) is 1. The molecule has 0 aliphatic rings. The summed E-state index contributed by atoms with van der Waals surface area (Å²) in [4.78, 5) is 10.3. The van der Waals surface area contributed by atoms with Gasteiger partial charge in [-0.15, -0.1) is 0 Å². The third-order valence-electron chi connectivity index (χ3n) is 3.04. The van der Waals surface area contributed by atoms with Gasteiger partial charge in [-0.25, -0.2) is 0 Å². The minimum Gasteiger partial charge on any atom is -0.409 e. The predicted molar refractivity (Wildman–Crippen MR) is 78.0 cm³/mol. The maximum Gasteiger partial charge on any atom is 0.188 e. The van der Waals surface area contributed by atoms with Crippen molar-refractivity contribution in [3.05, 3.63) is 54.1 Å². The third kappa shape index (κ3) is 3.44. The van der Waals surface area contributed by atoms with E-state index < -0.39 is 0 Å². The Morgan fingerprint density at radius 1 is 1.30 bits per heavy atom. The van der Waals surface area contributed by atoms with E-state index in [2.05, 4.69) is 20.0 Å². The van der Waals surface area contributed by atoms with Gasteiger partial charge in [-0.05, 0) is 36.2 Å². The summed E-state index contributed by atoms with van der Waals surface area (Å²) in [6.45, 7) is 0.870. The molecule has 0 fully saturated rings. The van der Waals surface area contributed by atoms with Crippen molar-refractivity contribution in [3.8, 4) is 0 Å². The summed E-state index contributed by atoms with van der Waals surface area (Å²) < 4.78 is 0. The summed E-state index contributed by atoms with van der Waals surface area (Å²) in [5.74, 6) is 0.0102. The summed E-state index contributed by atoms with van der Waals surface area (Å²) in [5, 5.41) is 11.5. The molecule has 6 nitrogen and oxygen atoms in total. The molecule has 104 valence electrons. The van der Waals surface area contributed by atoms with Crippen LogP contribution < -0.4 is 10.6 Å². The molecule has 0 atom stereocenters. The van der Waals surface area contributed by atoms with E-state index in [1.807, 2.05) is 25.2 Å². The molecule has 0 saturated carbocycles. The highest BCUT2D eigenvalue weighted by molar-refractivity contribution is 5.95. The molecule has 0 spiro atoms. The second-order valence-electron chi connectivity index (χ2n) is 4.41. The summed E-state index contributed by atoms with van der Waals surface area (Å²) in [5.41, 5.74) is 8.15. The molecule has 0 radical (unpaired) electrons. The van der Waals surface area contributed by atoms with Crippen molar-refractivity contribution >= 4 is 11.5 Å². The summed E-state index contributed by atoms with van der Waals surface area (Å²) in [6.07, 6.45) is 6.23. The van der Waals surface area contributed by atoms with E-state index >= 15 is 0 Å². The second kappa shape index (κ2) is 6.51. The number of hydrogen-bond acceptors (Lipinski definition) is 5. The van der Waals surface area contributed by atoms with Gasteiger partial charge in [-0.1, -0.05) is 5.16 Å². The maximum absolute atomic E-state index is 8.58. The van der Waals surface area contributed by atoms with Gasteiger partial charge in [0.1, 0.15) is 5.69 Å². The first-order valence-electron chi connectivity index (χ1n) is 6.24. The average Bonchev–Trinajstić information content (AvgIpc) is 2.53. The highest BCUT2D eigenvalue weighted by Crippen LogP contribution is 2.12. The van der Waals surface area contributed by atoms with Crippen molar-refractivity contribution < 1.29 is 5.21 Å². The second-order valence-corrected chi connectivity index (χ2v) is 4.41. The number of nitrogens with zero attached hydrogens (tertiary/aromatic N) is 4. The Kier molecular flexibility index (Phi) is 4.49. The van der Waals surface area contributed by atoms with Crippen LogP contribution in [0.5, 0.6) is 0 Å². The fourth-order valence-electron chi connectivity index (χ4n) is 1.79. The average molecular weight is 271 g/mol. The van der Waals surface area contributed by atoms with Gasteiger partial charge in [0.25, 0.3) is 0 Å². The Hall–Kier alpha value is -2.63. The SMILES string of the molecule is CN(CCc1ccncc1)c1ccc(/C(N)=N/O)nc1. The van der Waals surface area contributed by atoms with Crippen LogP contribution in [0.1, 0.15) is 11.3 Å². The van der Waals surface area contributed by atoms with E-state index in [1.54, 1.807) is 24.7 Å². The van der Waals surface area contributed by atoms with Crippen LogP contribution in [0.15, 0.2) is 48.0 Å². The number of aromatic nitrogens is 2. The van der Waals surface area contributed by atoms with Crippen LogP contribution in [-0.4, -0.2) is 34.6 Å². The lowest BCUT2D eigenvalue weighted by molar-refractivity contribution is 0.318. The molecule has 0 saturated heterocycles. The standard InChI is InChI=1S/C14H17N5O/c1-19(9-6-11-4-7-16-8-5-11)12-2-3-13(17-10-12)14(15)18-20/h2-5,7-8,10,20H,6,9H2,1H3,(H2,15,18). The zero-order chi connectivity index (χ0) is 14.4. The van der Waals surface area contributed by atoms with Crippen molar-refractivity contribution in [2.45, 2.75) is 6.42 Å². The molecule has 0 bridgehead atoms.